The van der Waals surface area contributed by atoms with Gasteiger partial charge in [-0.05, 0) is 54.7 Å². The van der Waals surface area contributed by atoms with Gasteiger partial charge in [0.2, 0.25) is 0 Å². The van der Waals surface area contributed by atoms with E-state index in [4.69, 9.17) is 0 Å². The summed E-state index contributed by atoms with van der Waals surface area (Å²) in [7, 11) is 0. The second-order valence-corrected chi connectivity index (χ2v) is 6.39. The lowest BCUT2D eigenvalue weighted by Gasteiger charge is -2.33. The molecule has 2 nitrogen and oxygen atoms in total. The monoisotopic (exact) mass is 250 g/mol. The van der Waals surface area contributed by atoms with E-state index in [0.29, 0.717) is 5.54 Å². The minimum Gasteiger partial charge on any atom is -0.310 e. The molecule has 3 heteroatoms. The molecule has 0 atom stereocenters. The molecule has 1 saturated carbocycles. The van der Waals surface area contributed by atoms with Crippen molar-refractivity contribution >= 4 is 11.3 Å². The molecule has 1 aliphatic carbocycles. The average Bonchev–Trinajstić information content (AvgIpc) is 2.92. The van der Waals surface area contributed by atoms with Crippen LogP contribution in [0.4, 0.5) is 0 Å². The van der Waals surface area contributed by atoms with Crippen LogP contribution in [0.2, 0.25) is 0 Å². The van der Waals surface area contributed by atoms with Crippen molar-refractivity contribution in [1.29, 1.82) is 0 Å². The van der Waals surface area contributed by atoms with Crippen LogP contribution in [0.1, 0.15) is 37.7 Å². The fourth-order valence-electron chi connectivity index (χ4n) is 3.38. The zero-order valence-electron chi connectivity index (χ0n) is 10.5. The van der Waals surface area contributed by atoms with E-state index in [-0.39, 0.29) is 0 Å². The van der Waals surface area contributed by atoms with Gasteiger partial charge in [-0.3, -0.25) is 4.90 Å². The maximum absolute atomic E-state index is 3.83. The molecule has 1 saturated heterocycles. The molecule has 94 valence electrons. The van der Waals surface area contributed by atoms with Gasteiger partial charge in [-0.15, -0.1) is 0 Å². The van der Waals surface area contributed by atoms with Crippen LogP contribution in [0, 0.1) is 0 Å². The van der Waals surface area contributed by atoms with Crippen molar-refractivity contribution in [2.75, 3.05) is 19.6 Å². The largest absolute Gasteiger partial charge is 0.310 e. The first kappa shape index (κ1) is 11.7. The molecule has 2 heterocycles. The molecule has 1 aromatic heterocycles. The van der Waals surface area contributed by atoms with Crippen molar-refractivity contribution < 1.29 is 0 Å². The zero-order chi connectivity index (χ0) is 11.6. The molecule has 1 aliphatic heterocycles. The Hall–Kier alpha value is -0.380. The fraction of sp³-hybridized carbons (Fsp3) is 0.714. The van der Waals surface area contributed by atoms with Gasteiger partial charge in [-0.2, -0.15) is 11.3 Å². The van der Waals surface area contributed by atoms with Crippen molar-refractivity contribution in [3.05, 3.63) is 22.4 Å². The molecule has 1 aromatic rings. The standard InChI is InChI=1S/C14H22N2S/c1-2-6-14(5-1)12-16(8-3-7-15-14)10-13-4-9-17-11-13/h4,9,11,15H,1-3,5-8,10,12H2. The third kappa shape index (κ3) is 2.72. The van der Waals surface area contributed by atoms with Gasteiger partial charge in [-0.1, -0.05) is 12.8 Å². The first-order valence-corrected chi connectivity index (χ1v) is 7.79. The van der Waals surface area contributed by atoms with Crippen molar-refractivity contribution in [2.45, 2.75) is 44.2 Å². The summed E-state index contributed by atoms with van der Waals surface area (Å²) in [5.74, 6) is 0. The third-order valence-corrected chi connectivity index (χ3v) is 4.96. The summed E-state index contributed by atoms with van der Waals surface area (Å²) in [5.41, 5.74) is 1.94. The van der Waals surface area contributed by atoms with E-state index in [0.717, 1.165) is 6.54 Å². The number of rotatable bonds is 2. The van der Waals surface area contributed by atoms with Crippen LogP contribution in [0.25, 0.3) is 0 Å². The summed E-state index contributed by atoms with van der Waals surface area (Å²) < 4.78 is 0. The molecule has 1 N–H and O–H groups in total. The molecule has 0 aromatic carbocycles. The minimum absolute atomic E-state index is 0.451. The van der Waals surface area contributed by atoms with E-state index in [1.807, 2.05) is 11.3 Å². The lowest BCUT2D eigenvalue weighted by atomic mass is 9.97. The second kappa shape index (κ2) is 5.09. The van der Waals surface area contributed by atoms with Gasteiger partial charge in [0, 0.05) is 18.6 Å². The normalized spacial score (nSPS) is 25.2. The van der Waals surface area contributed by atoms with Crippen LogP contribution in [0.3, 0.4) is 0 Å². The Morgan fingerprint density at radius 3 is 2.94 bits per heavy atom. The van der Waals surface area contributed by atoms with E-state index in [1.54, 1.807) is 0 Å². The predicted octanol–water partition coefficient (Wildman–Crippen LogP) is 2.86. The Labute approximate surface area is 108 Å². The molecule has 0 radical (unpaired) electrons. The van der Waals surface area contributed by atoms with Crippen LogP contribution in [0.5, 0.6) is 0 Å². The van der Waals surface area contributed by atoms with Crippen molar-refractivity contribution in [3.8, 4) is 0 Å². The van der Waals surface area contributed by atoms with Crippen LogP contribution < -0.4 is 5.32 Å². The predicted molar refractivity (Wildman–Crippen MR) is 73.4 cm³/mol. The number of hydrogen-bond donors (Lipinski definition) is 1. The molecule has 1 spiro atoms. The Morgan fingerprint density at radius 2 is 2.18 bits per heavy atom. The summed E-state index contributed by atoms with van der Waals surface area (Å²) >= 11 is 1.81. The molecule has 17 heavy (non-hydrogen) atoms. The van der Waals surface area contributed by atoms with Crippen molar-refractivity contribution in [1.82, 2.24) is 10.2 Å². The first-order valence-electron chi connectivity index (χ1n) is 6.85. The number of nitrogens with one attached hydrogen (secondary N) is 1. The zero-order valence-corrected chi connectivity index (χ0v) is 11.3. The Bertz CT molecular complexity index is 341. The lowest BCUT2D eigenvalue weighted by molar-refractivity contribution is 0.203. The summed E-state index contributed by atoms with van der Waals surface area (Å²) in [4.78, 5) is 2.66. The smallest absolute Gasteiger partial charge is 0.0308 e. The second-order valence-electron chi connectivity index (χ2n) is 5.61. The average molecular weight is 250 g/mol. The highest BCUT2D eigenvalue weighted by atomic mass is 32.1. The van der Waals surface area contributed by atoms with E-state index < -0.39 is 0 Å². The SMILES string of the molecule is c1cc(CN2CCCNC3(CCCC3)C2)cs1. The Morgan fingerprint density at radius 1 is 1.29 bits per heavy atom. The molecule has 0 amide bonds. The summed E-state index contributed by atoms with van der Waals surface area (Å²) in [6, 6.07) is 2.27. The van der Waals surface area contributed by atoms with Crippen molar-refractivity contribution in [2.24, 2.45) is 0 Å². The van der Waals surface area contributed by atoms with Crippen LogP contribution in [-0.2, 0) is 6.54 Å². The van der Waals surface area contributed by atoms with Gasteiger partial charge in [0.05, 0.1) is 0 Å². The highest BCUT2D eigenvalue weighted by Crippen LogP contribution is 2.32. The summed E-state index contributed by atoms with van der Waals surface area (Å²) in [5, 5.41) is 8.31. The van der Waals surface area contributed by atoms with Gasteiger partial charge < -0.3 is 5.32 Å². The maximum atomic E-state index is 3.83. The van der Waals surface area contributed by atoms with Gasteiger partial charge in [-0.25, -0.2) is 0 Å². The van der Waals surface area contributed by atoms with Gasteiger partial charge in [0.15, 0.2) is 0 Å². The number of hydrogen-bond acceptors (Lipinski definition) is 3. The highest BCUT2D eigenvalue weighted by molar-refractivity contribution is 7.07. The molecule has 0 unspecified atom stereocenters. The van der Waals surface area contributed by atoms with Gasteiger partial charge >= 0.3 is 0 Å². The quantitative estimate of drug-likeness (QED) is 0.868. The van der Waals surface area contributed by atoms with E-state index in [1.165, 1.54) is 57.3 Å². The molecule has 3 rings (SSSR count). The molecule has 2 fully saturated rings. The van der Waals surface area contributed by atoms with Crippen molar-refractivity contribution in [3.63, 3.8) is 0 Å². The highest BCUT2D eigenvalue weighted by Gasteiger charge is 2.36. The van der Waals surface area contributed by atoms with Crippen LogP contribution >= 0.6 is 11.3 Å². The Balaban J connectivity index is 1.67. The summed E-state index contributed by atoms with van der Waals surface area (Å²) in [6.07, 6.45) is 6.89. The maximum Gasteiger partial charge on any atom is 0.0308 e. The van der Waals surface area contributed by atoms with Gasteiger partial charge in [0.25, 0.3) is 0 Å². The van der Waals surface area contributed by atoms with Crippen LogP contribution in [0.15, 0.2) is 16.8 Å². The van der Waals surface area contributed by atoms with E-state index in [2.05, 4.69) is 27.0 Å². The number of thiophene rings is 1. The molecule has 0 bridgehead atoms. The lowest BCUT2D eigenvalue weighted by Crippen LogP contribution is -2.49. The van der Waals surface area contributed by atoms with E-state index in [9.17, 15) is 0 Å². The fourth-order valence-corrected chi connectivity index (χ4v) is 4.04. The third-order valence-electron chi connectivity index (χ3n) is 4.22. The molecular weight excluding hydrogens is 228 g/mol. The number of nitrogens with zero attached hydrogens (tertiary/aromatic N) is 1. The topological polar surface area (TPSA) is 15.3 Å². The van der Waals surface area contributed by atoms with Crippen LogP contribution in [-0.4, -0.2) is 30.1 Å². The Kier molecular flexibility index (Phi) is 3.50. The van der Waals surface area contributed by atoms with E-state index >= 15 is 0 Å². The van der Waals surface area contributed by atoms with Gasteiger partial charge in [0.1, 0.15) is 0 Å². The molecular formula is C14H22N2S. The minimum atomic E-state index is 0.451. The molecule has 2 aliphatic rings. The first-order chi connectivity index (χ1) is 8.36. The summed E-state index contributed by atoms with van der Waals surface area (Å²) in [6.45, 7) is 4.86.